The zero-order valence-corrected chi connectivity index (χ0v) is 11.1. The van der Waals surface area contributed by atoms with E-state index in [-0.39, 0.29) is 18.2 Å². The Kier molecular flexibility index (Phi) is 6.57. The van der Waals surface area contributed by atoms with Gasteiger partial charge in [-0.05, 0) is 30.9 Å². The quantitative estimate of drug-likeness (QED) is 0.748. The van der Waals surface area contributed by atoms with Crippen molar-refractivity contribution < 1.29 is 14.7 Å². The first-order valence-corrected chi connectivity index (χ1v) is 6.46. The van der Waals surface area contributed by atoms with Crippen molar-refractivity contribution >= 4 is 11.9 Å². The highest BCUT2D eigenvalue weighted by atomic mass is 16.4. The minimum Gasteiger partial charge on any atom is -0.481 e. The Labute approximate surface area is 113 Å². The highest BCUT2D eigenvalue weighted by Gasteiger charge is 2.08. The molecule has 1 rings (SSSR count). The van der Waals surface area contributed by atoms with E-state index in [1.165, 1.54) is 0 Å². The molecule has 0 bridgehead atoms. The van der Waals surface area contributed by atoms with Crippen LogP contribution in [-0.2, 0) is 16.0 Å². The molecule has 1 aromatic rings. The van der Waals surface area contributed by atoms with Crippen LogP contribution in [0.5, 0.6) is 0 Å². The van der Waals surface area contributed by atoms with E-state index < -0.39 is 5.97 Å². The smallest absolute Gasteiger partial charge is 0.303 e. The lowest BCUT2D eigenvalue weighted by Gasteiger charge is -2.11. The van der Waals surface area contributed by atoms with Crippen LogP contribution >= 0.6 is 0 Å². The van der Waals surface area contributed by atoms with Crippen molar-refractivity contribution in [2.24, 2.45) is 5.92 Å². The molecule has 0 saturated carbocycles. The number of hydrogen-bond acceptors (Lipinski definition) is 3. The number of nitrogens with one attached hydrogen (secondary N) is 1. The molecular weight excluding hydrogens is 244 g/mol. The number of carbonyl (C=O) groups is 2. The SMILES string of the molecule is CC(CCC(=O)O)CNC(=O)CCc1ccccn1. The molecule has 0 aliphatic carbocycles. The molecule has 0 fully saturated rings. The van der Waals surface area contributed by atoms with E-state index in [9.17, 15) is 9.59 Å². The Morgan fingerprint density at radius 3 is 2.79 bits per heavy atom. The molecule has 0 aliphatic rings. The largest absolute Gasteiger partial charge is 0.481 e. The van der Waals surface area contributed by atoms with Crippen molar-refractivity contribution in [3.05, 3.63) is 30.1 Å². The Balaban J connectivity index is 2.16. The molecule has 104 valence electrons. The molecule has 19 heavy (non-hydrogen) atoms. The van der Waals surface area contributed by atoms with E-state index >= 15 is 0 Å². The first kappa shape index (κ1) is 15.1. The van der Waals surface area contributed by atoms with Gasteiger partial charge in [0, 0.05) is 31.3 Å². The van der Waals surface area contributed by atoms with Crippen LogP contribution in [0.2, 0.25) is 0 Å². The highest BCUT2D eigenvalue weighted by molar-refractivity contribution is 5.76. The maximum absolute atomic E-state index is 11.6. The van der Waals surface area contributed by atoms with Gasteiger partial charge in [0.05, 0.1) is 0 Å². The molecule has 1 amide bonds. The predicted molar refractivity (Wildman–Crippen MR) is 71.6 cm³/mol. The average molecular weight is 264 g/mol. The number of hydrogen-bond donors (Lipinski definition) is 2. The van der Waals surface area contributed by atoms with Gasteiger partial charge in [-0.1, -0.05) is 13.0 Å². The Bertz CT molecular complexity index is 406. The van der Waals surface area contributed by atoms with Gasteiger partial charge < -0.3 is 10.4 Å². The summed E-state index contributed by atoms with van der Waals surface area (Å²) in [5.74, 6) is -0.643. The molecule has 0 radical (unpaired) electrons. The fourth-order valence-electron chi connectivity index (χ4n) is 1.64. The summed E-state index contributed by atoms with van der Waals surface area (Å²) in [5.41, 5.74) is 0.900. The van der Waals surface area contributed by atoms with Gasteiger partial charge in [0.2, 0.25) is 5.91 Å². The number of aliphatic carboxylic acids is 1. The van der Waals surface area contributed by atoms with E-state index in [1.807, 2.05) is 25.1 Å². The number of amides is 1. The van der Waals surface area contributed by atoms with Crippen LogP contribution < -0.4 is 5.32 Å². The van der Waals surface area contributed by atoms with E-state index in [1.54, 1.807) is 6.20 Å². The maximum atomic E-state index is 11.6. The Morgan fingerprint density at radius 1 is 1.37 bits per heavy atom. The summed E-state index contributed by atoms with van der Waals surface area (Å²) in [6, 6.07) is 5.63. The zero-order valence-electron chi connectivity index (χ0n) is 11.1. The third kappa shape index (κ3) is 7.18. The van der Waals surface area contributed by atoms with E-state index in [0.717, 1.165) is 5.69 Å². The monoisotopic (exact) mass is 264 g/mol. The van der Waals surface area contributed by atoms with Crippen LogP contribution in [0.4, 0.5) is 0 Å². The van der Waals surface area contributed by atoms with E-state index in [4.69, 9.17) is 5.11 Å². The second-order valence-electron chi connectivity index (χ2n) is 4.66. The molecule has 1 atom stereocenters. The van der Waals surface area contributed by atoms with Crippen molar-refractivity contribution in [1.29, 1.82) is 0 Å². The summed E-state index contributed by atoms with van der Waals surface area (Å²) in [7, 11) is 0. The molecular formula is C14H20N2O3. The van der Waals surface area contributed by atoms with Crippen molar-refractivity contribution in [1.82, 2.24) is 10.3 Å². The molecule has 0 spiro atoms. The Morgan fingerprint density at radius 2 is 2.16 bits per heavy atom. The molecule has 5 nitrogen and oxygen atoms in total. The highest BCUT2D eigenvalue weighted by Crippen LogP contribution is 2.04. The van der Waals surface area contributed by atoms with Crippen LogP contribution in [0.15, 0.2) is 24.4 Å². The molecule has 0 aliphatic heterocycles. The number of aryl methyl sites for hydroxylation is 1. The number of carbonyl (C=O) groups excluding carboxylic acids is 1. The fourth-order valence-corrected chi connectivity index (χ4v) is 1.64. The molecule has 0 aromatic carbocycles. The number of nitrogens with zero attached hydrogens (tertiary/aromatic N) is 1. The first-order chi connectivity index (χ1) is 9.08. The van der Waals surface area contributed by atoms with Gasteiger partial charge in [0.15, 0.2) is 0 Å². The topological polar surface area (TPSA) is 79.3 Å². The summed E-state index contributed by atoms with van der Waals surface area (Å²) in [6.45, 7) is 2.45. The third-order valence-corrected chi connectivity index (χ3v) is 2.83. The lowest BCUT2D eigenvalue weighted by molar-refractivity contribution is -0.137. The molecule has 0 saturated heterocycles. The predicted octanol–water partition coefficient (Wildman–Crippen LogP) is 1.63. The summed E-state index contributed by atoms with van der Waals surface area (Å²) in [6.07, 6.45) is 3.46. The van der Waals surface area contributed by atoms with Crippen molar-refractivity contribution in [2.45, 2.75) is 32.6 Å². The fraction of sp³-hybridized carbons (Fsp3) is 0.500. The van der Waals surface area contributed by atoms with E-state index in [2.05, 4.69) is 10.3 Å². The number of aromatic nitrogens is 1. The van der Waals surface area contributed by atoms with Crippen LogP contribution in [0.25, 0.3) is 0 Å². The summed E-state index contributed by atoms with van der Waals surface area (Å²) >= 11 is 0. The minimum atomic E-state index is -0.798. The van der Waals surface area contributed by atoms with Gasteiger partial charge in [0.25, 0.3) is 0 Å². The molecule has 1 heterocycles. The summed E-state index contributed by atoms with van der Waals surface area (Å²) < 4.78 is 0. The van der Waals surface area contributed by atoms with Gasteiger partial charge in [-0.15, -0.1) is 0 Å². The van der Waals surface area contributed by atoms with Gasteiger partial charge in [-0.25, -0.2) is 0 Å². The van der Waals surface area contributed by atoms with Gasteiger partial charge in [-0.2, -0.15) is 0 Å². The average Bonchev–Trinajstić information content (AvgIpc) is 2.41. The normalized spacial score (nSPS) is 11.8. The van der Waals surface area contributed by atoms with Crippen LogP contribution in [-0.4, -0.2) is 28.5 Å². The number of carboxylic acid groups (broad SMARTS) is 1. The standard InChI is InChI=1S/C14H20N2O3/c1-11(5-8-14(18)19)10-16-13(17)7-6-12-4-2-3-9-15-12/h2-4,9,11H,5-8,10H2,1H3,(H,16,17)(H,18,19). The Hall–Kier alpha value is -1.91. The van der Waals surface area contributed by atoms with Gasteiger partial charge in [0.1, 0.15) is 0 Å². The molecule has 2 N–H and O–H groups in total. The lowest BCUT2D eigenvalue weighted by Crippen LogP contribution is -2.28. The summed E-state index contributed by atoms with van der Waals surface area (Å²) in [4.78, 5) is 26.2. The minimum absolute atomic E-state index is 0.0205. The third-order valence-electron chi connectivity index (χ3n) is 2.83. The first-order valence-electron chi connectivity index (χ1n) is 6.46. The van der Waals surface area contributed by atoms with Crippen LogP contribution in [0.3, 0.4) is 0 Å². The second kappa shape index (κ2) is 8.24. The van der Waals surface area contributed by atoms with Crippen LogP contribution in [0.1, 0.15) is 31.9 Å². The van der Waals surface area contributed by atoms with Crippen LogP contribution in [0, 0.1) is 5.92 Å². The second-order valence-corrected chi connectivity index (χ2v) is 4.66. The molecule has 1 aromatic heterocycles. The molecule has 5 heteroatoms. The maximum Gasteiger partial charge on any atom is 0.303 e. The van der Waals surface area contributed by atoms with Crippen molar-refractivity contribution in [3.63, 3.8) is 0 Å². The zero-order chi connectivity index (χ0) is 14.1. The van der Waals surface area contributed by atoms with Gasteiger partial charge in [-0.3, -0.25) is 14.6 Å². The molecule has 1 unspecified atom stereocenters. The van der Waals surface area contributed by atoms with E-state index in [0.29, 0.717) is 25.8 Å². The lowest BCUT2D eigenvalue weighted by atomic mass is 10.1. The number of pyridine rings is 1. The summed E-state index contributed by atoms with van der Waals surface area (Å²) in [5, 5.41) is 11.4. The van der Waals surface area contributed by atoms with Crippen molar-refractivity contribution in [2.75, 3.05) is 6.54 Å². The van der Waals surface area contributed by atoms with Gasteiger partial charge >= 0.3 is 5.97 Å². The number of carboxylic acids is 1. The number of rotatable bonds is 8. The van der Waals surface area contributed by atoms with Crippen molar-refractivity contribution in [3.8, 4) is 0 Å².